The molecule has 2 heterocycles. The Hall–Kier alpha value is -1.82. The average Bonchev–Trinajstić information content (AvgIpc) is 2.20. The van der Waals surface area contributed by atoms with Crippen molar-refractivity contribution in [2.24, 2.45) is 0 Å². The van der Waals surface area contributed by atoms with Crippen LogP contribution in [-0.4, -0.2) is 15.0 Å². The van der Waals surface area contributed by atoms with E-state index in [1.165, 1.54) is 6.20 Å². The maximum atomic E-state index is 13.1. The third-order valence-electron chi connectivity index (χ3n) is 2.03. The van der Waals surface area contributed by atoms with Crippen LogP contribution in [0.3, 0.4) is 0 Å². The van der Waals surface area contributed by atoms with Crippen molar-refractivity contribution < 1.29 is 4.39 Å². The first-order valence-electron chi connectivity index (χ1n) is 4.53. The van der Waals surface area contributed by atoms with Crippen LogP contribution in [-0.2, 0) is 0 Å². The maximum absolute atomic E-state index is 13.1. The summed E-state index contributed by atoms with van der Waals surface area (Å²) in [6, 6.07) is 2.86. The van der Waals surface area contributed by atoms with Crippen LogP contribution in [0.25, 0.3) is 11.3 Å². The molecule has 0 amide bonds. The predicted octanol–water partition coefficient (Wildman–Crippen LogP) is 1.94. The van der Waals surface area contributed by atoms with Gasteiger partial charge in [0.05, 0.1) is 5.69 Å². The molecule has 0 saturated carbocycles. The molecule has 0 aliphatic carbocycles. The smallest absolute Gasteiger partial charge is 0.283 e. The van der Waals surface area contributed by atoms with E-state index in [9.17, 15) is 9.18 Å². The number of H-pyrrole nitrogens is 2. The molecule has 6 heteroatoms. The minimum atomic E-state index is -0.837. The lowest BCUT2D eigenvalue weighted by molar-refractivity contribution is 0.609. The predicted molar refractivity (Wildman–Crippen MR) is 60.2 cm³/mol. The molecule has 0 aliphatic rings. The molecule has 82 valence electrons. The van der Waals surface area contributed by atoms with Gasteiger partial charge in [-0.05, 0) is 31.3 Å². The fourth-order valence-corrected chi connectivity index (χ4v) is 1.59. The Bertz CT molecular complexity index is 647. The van der Waals surface area contributed by atoms with Gasteiger partial charge in [0, 0.05) is 17.5 Å². The number of halogens is 1. The fourth-order valence-electron chi connectivity index (χ4n) is 1.33. The van der Waals surface area contributed by atoms with Crippen LogP contribution < -0.4 is 5.56 Å². The van der Waals surface area contributed by atoms with Crippen molar-refractivity contribution in [1.29, 1.82) is 0 Å². The van der Waals surface area contributed by atoms with E-state index in [1.54, 1.807) is 6.07 Å². The molecule has 0 aliphatic heterocycles. The van der Waals surface area contributed by atoms with Crippen LogP contribution in [0.2, 0.25) is 0 Å². The Balaban J connectivity index is 2.63. The molecular formula is C10H8FN3OS. The summed E-state index contributed by atoms with van der Waals surface area (Å²) in [7, 11) is 0. The number of rotatable bonds is 1. The number of hydrogen-bond acceptors (Lipinski definition) is 3. The zero-order chi connectivity index (χ0) is 11.7. The molecule has 0 saturated heterocycles. The second-order valence-electron chi connectivity index (χ2n) is 3.32. The van der Waals surface area contributed by atoms with E-state index in [-0.39, 0.29) is 0 Å². The zero-order valence-corrected chi connectivity index (χ0v) is 9.19. The van der Waals surface area contributed by atoms with Gasteiger partial charge in [0.15, 0.2) is 10.6 Å². The molecule has 0 spiro atoms. The van der Waals surface area contributed by atoms with Gasteiger partial charge >= 0.3 is 0 Å². The van der Waals surface area contributed by atoms with Crippen LogP contribution in [0.4, 0.5) is 4.39 Å². The first-order valence-corrected chi connectivity index (χ1v) is 4.93. The van der Waals surface area contributed by atoms with Crippen LogP contribution in [0, 0.1) is 17.5 Å². The second kappa shape index (κ2) is 3.97. The Morgan fingerprint density at radius 2 is 2.19 bits per heavy atom. The monoisotopic (exact) mass is 237 g/mol. The zero-order valence-electron chi connectivity index (χ0n) is 8.37. The number of aromatic nitrogens is 3. The third kappa shape index (κ3) is 2.06. The molecule has 16 heavy (non-hydrogen) atoms. The van der Waals surface area contributed by atoms with Crippen molar-refractivity contribution in [3.05, 3.63) is 45.0 Å². The summed E-state index contributed by atoms with van der Waals surface area (Å²) < 4.78 is 13.4. The maximum Gasteiger partial charge on any atom is 0.283 e. The Morgan fingerprint density at radius 3 is 2.81 bits per heavy atom. The molecule has 4 nitrogen and oxygen atoms in total. The number of pyridine rings is 1. The van der Waals surface area contributed by atoms with Crippen LogP contribution >= 0.6 is 12.2 Å². The Morgan fingerprint density at radius 1 is 1.44 bits per heavy atom. The van der Waals surface area contributed by atoms with Crippen molar-refractivity contribution in [3.63, 3.8) is 0 Å². The molecule has 0 aromatic carbocycles. The molecule has 0 unspecified atom stereocenters. The van der Waals surface area contributed by atoms with Gasteiger partial charge in [0.1, 0.15) is 0 Å². The van der Waals surface area contributed by atoms with E-state index in [0.717, 1.165) is 11.8 Å². The van der Waals surface area contributed by atoms with Crippen LogP contribution in [0.5, 0.6) is 0 Å². The lowest BCUT2D eigenvalue weighted by Gasteiger charge is -2.01. The molecule has 2 aromatic rings. The number of nitrogens with one attached hydrogen (secondary N) is 2. The summed E-state index contributed by atoms with van der Waals surface area (Å²) in [6.45, 7) is 1.82. The van der Waals surface area contributed by atoms with Gasteiger partial charge in [-0.25, -0.2) is 9.37 Å². The lowest BCUT2D eigenvalue weighted by Crippen LogP contribution is -2.09. The number of aromatic amines is 2. The normalized spacial score (nSPS) is 10.4. The highest BCUT2D eigenvalue weighted by Gasteiger charge is 2.04. The minimum Gasteiger partial charge on any atom is -0.335 e. The molecule has 0 bridgehead atoms. The van der Waals surface area contributed by atoms with Crippen molar-refractivity contribution in [2.75, 3.05) is 0 Å². The average molecular weight is 237 g/mol. The van der Waals surface area contributed by atoms with E-state index in [4.69, 9.17) is 12.2 Å². The van der Waals surface area contributed by atoms with Crippen molar-refractivity contribution in [1.82, 2.24) is 15.0 Å². The standard InChI is InChI=1S/C10H8FN3OS/c1-5-2-8(14-10(16)13-5)6-3-7(11)9(15)12-4-6/h2-4H,1H3,(H,12,15)(H,13,14,16). The molecule has 0 fully saturated rings. The number of hydrogen-bond donors (Lipinski definition) is 2. The van der Waals surface area contributed by atoms with E-state index >= 15 is 0 Å². The van der Waals surface area contributed by atoms with Crippen molar-refractivity contribution in [3.8, 4) is 11.3 Å². The molecule has 0 radical (unpaired) electrons. The van der Waals surface area contributed by atoms with Gasteiger partial charge in [-0.3, -0.25) is 4.79 Å². The van der Waals surface area contributed by atoms with E-state index in [0.29, 0.717) is 16.0 Å². The summed E-state index contributed by atoms with van der Waals surface area (Å²) in [4.78, 5) is 20.0. The van der Waals surface area contributed by atoms with Crippen LogP contribution in [0.15, 0.2) is 23.1 Å². The molecule has 2 rings (SSSR count). The van der Waals surface area contributed by atoms with Gasteiger partial charge < -0.3 is 9.97 Å². The van der Waals surface area contributed by atoms with E-state index in [2.05, 4.69) is 15.0 Å². The largest absolute Gasteiger partial charge is 0.335 e. The molecule has 2 aromatic heterocycles. The van der Waals surface area contributed by atoms with Gasteiger partial charge in [0.25, 0.3) is 5.56 Å². The molecular weight excluding hydrogens is 229 g/mol. The van der Waals surface area contributed by atoms with Gasteiger partial charge in [-0.2, -0.15) is 0 Å². The highest BCUT2D eigenvalue weighted by molar-refractivity contribution is 7.71. The first kappa shape index (κ1) is 10.7. The summed E-state index contributed by atoms with van der Waals surface area (Å²) in [6.07, 6.45) is 1.40. The third-order valence-corrected chi connectivity index (χ3v) is 2.23. The number of aryl methyl sites for hydroxylation is 1. The van der Waals surface area contributed by atoms with Crippen LogP contribution in [0.1, 0.15) is 5.69 Å². The summed E-state index contributed by atoms with van der Waals surface area (Å²) in [5.41, 5.74) is 1.08. The lowest BCUT2D eigenvalue weighted by atomic mass is 10.2. The topological polar surface area (TPSA) is 61.5 Å². The Labute approximate surface area is 95.2 Å². The quantitative estimate of drug-likeness (QED) is 0.745. The van der Waals surface area contributed by atoms with Crippen molar-refractivity contribution >= 4 is 12.2 Å². The highest BCUT2D eigenvalue weighted by atomic mass is 32.1. The second-order valence-corrected chi connectivity index (χ2v) is 3.71. The summed E-state index contributed by atoms with van der Waals surface area (Å²) in [5, 5.41) is 0. The first-order chi connectivity index (χ1) is 7.56. The van der Waals surface area contributed by atoms with E-state index in [1.807, 2.05) is 6.92 Å². The van der Waals surface area contributed by atoms with E-state index < -0.39 is 11.4 Å². The Kier molecular flexibility index (Phi) is 2.66. The minimum absolute atomic E-state index is 0.321. The SMILES string of the molecule is Cc1cc(-c2c[nH]c(=O)c(F)c2)nc(=S)[nH]1. The molecule has 0 atom stereocenters. The van der Waals surface area contributed by atoms with Crippen molar-refractivity contribution in [2.45, 2.75) is 6.92 Å². The highest BCUT2D eigenvalue weighted by Crippen LogP contribution is 2.15. The summed E-state index contributed by atoms with van der Waals surface area (Å²) >= 11 is 4.91. The number of nitrogens with zero attached hydrogens (tertiary/aromatic N) is 1. The summed E-state index contributed by atoms with van der Waals surface area (Å²) in [5.74, 6) is -0.837. The van der Waals surface area contributed by atoms with Gasteiger partial charge in [-0.15, -0.1) is 0 Å². The van der Waals surface area contributed by atoms with Gasteiger partial charge in [-0.1, -0.05) is 0 Å². The van der Waals surface area contributed by atoms with Gasteiger partial charge in [0.2, 0.25) is 0 Å². The fraction of sp³-hybridized carbons (Fsp3) is 0.100. The molecule has 2 N–H and O–H groups in total.